The van der Waals surface area contributed by atoms with Crippen LogP contribution < -0.4 is 16.4 Å². The van der Waals surface area contributed by atoms with Gasteiger partial charge in [0.2, 0.25) is 17.7 Å². The number of nitrogens with one attached hydrogen (secondary N) is 2. The Labute approximate surface area is 82.2 Å². The quantitative estimate of drug-likeness (QED) is 0.365. The van der Waals surface area contributed by atoms with Crippen molar-refractivity contribution in [1.29, 1.82) is 0 Å². The van der Waals surface area contributed by atoms with Crippen molar-refractivity contribution in [3.8, 4) is 0 Å². The molecule has 1 radical (unpaired) electrons. The van der Waals surface area contributed by atoms with Crippen LogP contribution in [0.15, 0.2) is 0 Å². The molecule has 0 aliphatic carbocycles. The van der Waals surface area contributed by atoms with Gasteiger partial charge < -0.3 is 16.4 Å². The van der Waals surface area contributed by atoms with Crippen LogP contribution in [-0.2, 0) is 14.4 Å². The van der Waals surface area contributed by atoms with Crippen LogP contribution in [-0.4, -0.2) is 30.8 Å². The minimum absolute atomic E-state index is 0.0483. The highest BCUT2D eigenvalue weighted by Gasteiger charge is 2.18. The largest absolute Gasteiger partial charge is 0.369 e. The first-order valence-corrected chi connectivity index (χ1v) is 4.11. The maximum atomic E-state index is 11.1. The first kappa shape index (κ1) is 12.4. The Hall–Kier alpha value is -1.59. The molecular weight excluding hydrogens is 186 g/mol. The summed E-state index contributed by atoms with van der Waals surface area (Å²) >= 11 is 0. The van der Waals surface area contributed by atoms with Crippen LogP contribution >= 0.6 is 0 Å². The first-order chi connectivity index (χ1) is 6.45. The number of hydrogen-bond donors (Lipinski definition) is 3. The third-order valence-corrected chi connectivity index (χ3v) is 1.49. The molecule has 0 spiro atoms. The Kier molecular flexibility index (Phi) is 5.28. The van der Waals surface area contributed by atoms with Crippen molar-refractivity contribution in [3.05, 3.63) is 5.92 Å². The molecule has 0 bridgehead atoms. The summed E-state index contributed by atoms with van der Waals surface area (Å²) in [6, 6.07) is 0. The van der Waals surface area contributed by atoms with Crippen molar-refractivity contribution in [2.24, 2.45) is 5.73 Å². The third kappa shape index (κ3) is 5.13. The van der Waals surface area contributed by atoms with Crippen molar-refractivity contribution in [3.63, 3.8) is 0 Å². The van der Waals surface area contributed by atoms with Gasteiger partial charge >= 0.3 is 0 Å². The highest BCUT2D eigenvalue weighted by molar-refractivity contribution is 6.13. The van der Waals surface area contributed by atoms with Gasteiger partial charge in [-0.05, 0) is 6.92 Å². The van der Waals surface area contributed by atoms with E-state index in [1.165, 1.54) is 13.8 Å². The maximum Gasteiger partial charge on any atom is 0.237 e. The molecular formula is C8H14N3O3. The van der Waals surface area contributed by atoms with Gasteiger partial charge in [0.15, 0.2) is 0 Å². The molecule has 0 rings (SSSR count). The van der Waals surface area contributed by atoms with E-state index in [0.717, 1.165) is 0 Å². The van der Waals surface area contributed by atoms with Crippen LogP contribution in [0, 0.1) is 5.92 Å². The standard InChI is InChI=1S/C8H14N3O3/c1-5(7(9)13)8(14)11-4-3-10-6(2)12/h3-4H2,1-2H3,(H2,9,13)(H,10,12)(H,11,14). The van der Waals surface area contributed by atoms with Crippen LogP contribution in [0.1, 0.15) is 13.8 Å². The Morgan fingerprint density at radius 1 is 1.07 bits per heavy atom. The fourth-order valence-corrected chi connectivity index (χ4v) is 0.659. The zero-order valence-electron chi connectivity index (χ0n) is 8.22. The predicted octanol–water partition coefficient (Wildman–Crippen LogP) is -1.68. The van der Waals surface area contributed by atoms with Gasteiger partial charge in [-0.2, -0.15) is 0 Å². The fraction of sp³-hybridized carbons (Fsp3) is 0.500. The normalized spacial score (nSPS) is 9.64. The topological polar surface area (TPSA) is 101 Å². The molecule has 0 aromatic carbocycles. The third-order valence-electron chi connectivity index (χ3n) is 1.49. The van der Waals surface area contributed by atoms with Crippen molar-refractivity contribution < 1.29 is 14.4 Å². The van der Waals surface area contributed by atoms with Crippen LogP contribution in [0.25, 0.3) is 0 Å². The number of amides is 3. The highest BCUT2D eigenvalue weighted by Crippen LogP contribution is 1.94. The maximum absolute atomic E-state index is 11.1. The number of carbonyl (C=O) groups is 3. The first-order valence-electron chi connectivity index (χ1n) is 4.11. The van der Waals surface area contributed by atoms with Gasteiger partial charge in [0.1, 0.15) is 5.92 Å². The minimum Gasteiger partial charge on any atom is -0.369 e. The second-order valence-corrected chi connectivity index (χ2v) is 2.73. The van der Waals surface area contributed by atoms with E-state index in [1.807, 2.05) is 0 Å². The van der Waals surface area contributed by atoms with E-state index in [4.69, 9.17) is 5.73 Å². The smallest absolute Gasteiger partial charge is 0.237 e. The van der Waals surface area contributed by atoms with Gasteiger partial charge in [0.05, 0.1) is 0 Å². The summed E-state index contributed by atoms with van der Waals surface area (Å²) in [6.07, 6.45) is 0. The van der Waals surface area contributed by atoms with Crippen LogP contribution in [0.5, 0.6) is 0 Å². The van der Waals surface area contributed by atoms with Gasteiger partial charge in [0, 0.05) is 20.0 Å². The summed E-state index contributed by atoms with van der Waals surface area (Å²) in [5.41, 5.74) is 4.88. The number of hydrogen-bond acceptors (Lipinski definition) is 3. The molecule has 0 aromatic heterocycles. The number of rotatable bonds is 5. The Balaban J connectivity index is 3.64. The van der Waals surface area contributed by atoms with Crippen molar-refractivity contribution in [1.82, 2.24) is 10.6 Å². The second kappa shape index (κ2) is 5.95. The van der Waals surface area contributed by atoms with Gasteiger partial charge in [0.25, 0.3) is 0 Å². The summed E-state index contributed by atoms with van der Waals surface area (Å²) < 4.78 is 0. The average Bonchev–Trinajstić information content (AvgIpc) is 2.10. The number of nitrogens with two attached hydrogens (primary N) is 1. The van der Waals surface area contributed by atoms with E-state index in [-0.39, 0.29) is 18.4 Å². The van der Waals surface area contributed by atoms with E-state index >= 15 is 0 Å². The summed E-state index contributed by atoms with van der Waals surface area (Å²) in [4.78, 5) is 32.0. The summed E-state index contributed by atoms with van der Waals surface area (Å²) in [5.74, 6) is -1.48. The molecule has 0 aliphatic heterocycles. The zero-order chi connectivity index (χ0) is 11.1. The summed E-state index contributed by atoms with van der Waals surface area (Å²) in [6.45, 7) is 3.31. The van der Waals surface area contributed by atoms with E-state index in [2.05, 4.69) is 10.6 Å². The number of carbonyl (C=O) groups excluding carboxylic acids is 3. The fourth-order valence-electron chi connectivity index (χ4n) is 0.659. The minimum atomic E-state index is -0.748. The average molecular weight is 200 g/mol. The monoisotopic (exact) mass is 200 g/mol. The molecule has 14 heavy (non-hydrogen) atoms. The van der Waals surface area contributed by atoms with Crippen LogP contribution in [0.2, 0.25) is 0 Å². The molecule has 6 nitrogen and oxygen atoms in total. The Morgan fingerprint density at radius 2 is 1.57 bits per heavy atom. The van der Waals surface area contributed by atoms with E-state index in [1.54, 1.807) is 0 Å². The SMILES string of the molecule is C[C](C(N)=O)C(=O)NCCNC(C)=O. The molecule has 6 heteroatoms. The highest BCUT2D eigenvalue weighted by atomic mass is 16.2. The Morgan fingerprint density at radius 3 is 2.00 bits per heavy atom. The van der Waals surface area contributed by atoms with E-state index < -0.39 is 11.8 Å². The van der Waals surface area contributed by atoms with Gasteiger partial charge in [-0.25, -0.2) is 0 Å². The molecule has 0 aromatic rings. The van der Waals surface area contributed by atoms with Gasteiger partial charge in [-0.3, -0.25) is 14.4 Å². The second-order valence-electron chi connectivity index (χ2n) is 2.73. The zero-order valence-corrected chi connectivity index (χ0v) is 8.22. The lowest BCUT2D eigenvalue weighted by Gasteiger charge is -2.08. The molecule has 0 fully saturated rings. The van der Waals surface area contributed by atoms with Gasteiger partial charge in [-0.15, -0.1) is 0 Å². The predicted molar refractivity (Wildman–Crippen MR) is 49.8 cm³/mol. The molecule has 0 heterocycles. The molecule has 79 valence electrons. The summed E-state index contributed by atoms with van der Waals surface area (Å²) in [7, 11) is 0. The number of primary amides is 1. The van der Waals surface area contributed by atoms with Crippen LogP contribution in [0.3, 0.4) is 0 Å². The van der Waals surface area contributed by atoms with Crippen molar-refractivity contribution in [2.75, 3.05) is 13.1 Å². The molecule has 0 unspecified atom stereocenters. The summed E-state index contributed by atoms with van der Waals surface area (Å²) in [5, 5.41) is 4.92. The molecule has 0 aliphatic rings. The molecule has 4 N–H and O–H groups in total. The van der Waals surface area contributed by atoms with Crippen LogP contribution in [0.4, 0.5) is 0 Å². The molecule has 0 saturated carbocycles. The molecule has 0 atom stereocenters. The molecule has 3 amide bonds. The lowest BCUT2D eigenvalue weighted by molar-refractivity contribution is -0.125. The van der Waals surface area contributed by atoms with Gasteiger partial charge in [-0.1, -0.05) is 0 Å². The van der Waals surface area contributed by atoms with E-state index in [0.29, 0.717) is 6.54 Å². The van der Waals surface area contributed by atoms with Crippen molar-refractivity contribution in [2.45, 2.75) is 13.8 Å². The lowest BCUT2D eigenvalue weighted by Crippen LogP contribution is -2.39. The van der Waals surface area contributed by atoms with Crippen molar-refractivity contribution >= 4 is 17.7 Å². The van der Waals surface area contributed by atoms with E-state index in [9.17, 15) is 14.4 Å². The molecule has 0 saturated heterocycles. The lowest BCUT2D eigenvalue weighted by atomic mass is 10.1. The Bertz CT molecular complexity index is 240.